The number of hydrogen-bond acceptors (Lipinski definition) is 8. The predicted octanol–water partition coefficient (Wildman–Crippen LogP) is 4.15. The summed E-state index contributed by atoms with van der Waals surface area (Å²) in [4.78, 5) is 28.0. The van der Waals surface area contributed by atoms with Crippen LogP contribution in [0.25, 0.3) is 17.0 Å². The van der Waals surface area contributed by atoms with Crippen LogP contribution < -0.4 is 10.1 Å². The number of nitrogens with one attached hydrogen (secondary N) is 1. The zero-order valence-electron chi connectivity index (χ0n) is 17.4. The molecule has 0 aliphatic carbocycles. The van der Waals surface area contributed by atoms with Gasteiger partial charge in [0.1, 0.15) is 5.75 Å². The zero-order valence-corrected chi connectivity index (χ0v) is 17.4. The molecule has 0 radical (unpaired) electrons. The quantitative estimate of drug-likeness (QED) is 0.427. The number of esters is 2. The minimum absolute atomic E-state index is 0.241. The number of benzene rings is 2. The second-order valence-corrected chi connectivity index (χ2v) is 6.29. The Bertz CT molecular complexity index is 1090. The number of anilines is 1. The Morgan fingerprint density at radius 2 is 1.94 bits per heavy atom. The second kappa shape index (κ2) is 10.1. The van der Waals surface area contributed by atoms with Gasteiger partial charge in [-0.1, -0.05) is 12.1 Å². The molecule has 0 atom stereocenters. The molecule has 0 fully saturated rings. The fourth-order valence-corrected chi connectivity index (χ4v) is 2.90. The lowest BCUT2D eigenvalue weighted by Gasteiger charge is -2.14. The van der Waals surface area contributed by atoms with Crippen molar-refractivity contribution < 1.29 is 28.2 Å². The summed E-state index contributed by atoms with van der Waals surface area (Å²) in [6.07, 6.45) is 4.27. The lowest BCUT2D eigenvalue weighted by Crippen LogP contribution is -2.07. The summed E-state index contributed by atoms with van der Waals surface area (Å²) >= 11 is 0. The summed E-state index contributed by atoms with van der Waals surface area (Å²) in [5.74, 6) is 0.131. The lowest BCUT2D eigenvalue weighted by atomic mass is 10.1. The van der Waals surface area contributed by atoms with Gasteiger partial charge in [-0.3, -0.25) is 0 Å². The van der Waals surface area contributed by atoms with Gasteiger partial charge in [-0.25, -0.2) is 14.6 Å². The van der Waals surface area contributed by atoms with Gasteiger partial charge in [0.25, 0.3) is 0 Å². The van der Waals surface area contributed by atoms with Crippen LogP contribution in [0.5, 0.6) is 5.75 Å². The first kappa shape index (κ1) is 21.6. The Balaban J connectivity index is 1.98. The van der Waals surface area contributed by atoms with Gasteiger partial charge in [0, 0.05) is 17.8 Å². The van der Waals surface area contributed by atoms with Crippen molar-refractivity contribution in [1.82, 2.24) is 4.98 Å². The van der Waals surface area contributed by atoms with Crippen molar-refractivity contribution in [2.24, 2.45) is 0 Å². The molecule has 160 valence electrons. The number of carbonyl (C=O) groups excluding carboxylic acids is 2. The van der Waals surface area contributed by atoms with E-state index < -0.39 is 11.9 Å². The van der Waals surface area contributed by atoms with E-state index in [0.717, 1.165) is 5.56 Å². The molecule has 0 saturated carbocycles. The van der Waals surface area contributed by atoms with E-state index in [1.54, 1.807) is 50.6 Å². The number of rotatable bonds is 8. The average Bonchev–Trinajstić information content (AvgIpc) is 3.33. The van der Waals surface area contributed by atoms with E-state index in [0.29, 0.717) is 34.0 Å². The minimum atomic E-state index is -0.515. The van der Waals surface area contributed by atoms with Crippen LogP contribution in [-0.2, 0) is 14.3 Å². The number of carbonyl (C=O) groups is 2. The third-order valence-corrected chi connectivity index (χ3v) is 4.32. The van der Waals surface area contributed by atoms with Crippen LogP contribution in [-0.4, -0.2) is 37.7 Å². The first-order valence-corrected chi connectivity index (χ1v) is 9.46. The van der Waals surface area contributed by atoms with Gasteiger partial charge in [-0.05, 0) is 36.8 Å². The molecule has 0 aliphatic heterocycles. The highest BCUT2D eigenvalue weighted by molar-refractivity contribution is 5.96. The van der Waals surface area contributed by atoms with Crippen LogP contribution in [0, 0.1) is 0 Å². The normalized spacial score (nSPS) is 11.0. The maximum absolute atomic E-state index is 12.2. The Kier molecular flexibility index (Phi) is 7.05. The number of methoxy groups -OCH3 is 2. The third-order valence-electron chi connectivity index (χ3n) is 4.32. The Labute approximate surface area is 179 Å². The van der Waals surface area contributed by atoms with E-state index in [2.05, 4.69) is 10.3 Å². The number of ether oxygens (including phenoxy) is 3. The molecule has 8 nitrogen and oxygen atoms in total. The number of nitrogens with zero attached hydrogens (tertiary/aromatic N) is 1. The average molecular weight is 422 g/mol. The van der Waals surface area contributed by atoms with Crippen molar-refractivity contribution in [3.8, 4) is 17.1 Å². The van der Waals surface area contributed by atoms with E-state index in [4.69, 9.17) is 18.6 Å². The van der Waals surface area contributed by atoms with Gasteiger partial charge < -0.3 is 23.9 Å². The summed E-state index contributed by atoms with van der Waals surface area (Å²) in [6, 6.07) is 12.1. The SMILES string of the molecule is CCOC(=O)C=C(Nc1ccc(-c2cnco2)c(OC)c1)c1cccc(C(=O)OC)c1. The van der Waals surface area contributed by atoms with Crippen molar-refractivity contribution in [3.05, 3.63) is 72.3 Å². The molecule has 1 N–H and O–H groups in total. The molecule has 0 saturated heterocycles. The van der Waals surface area contributed by atoms with Gasteiger partial charge >= 0.3 is 11.9 Å². The fourth-order valence-electron chi connectivity index (χ4n) is 2.90. The van der Waals surface area contributed by atoms with Crippen LogP contribution in [0.2, 0.25) is 0 Å². The number of oxazole rings is 1. The lowest BCUT2D eigenvalue weighted by molar-refractivity contribution is -0.137. The monoisotopic (exact) mass is 422 g/mol. The maximum atomic E-state index is 12.2. The number of hydrogen-bond donors (Lipinski definition) is 1. The van der Waals surface area contributed by atoms with Crippen LogP contribution in [0.15, 0.2) is 65.5 Å². The zero-order chi connectivity index (χ0) is 22.2. The first-order chi connectivity index (χ1) is 15.0. The molecule has 8 heteroatoms. The van der Waals surface area contributed by atoms with Crippen LogP contribution in [0.3, 0.4) is 0 Å². The van der Waals surface area contributed by atoms with Crippen LogP contribution in [0.4, 0.5) is 5.69 Å². The molecule has 0 aliphatic rings. The van der Waals surface area contributed by atoms with Gasteiger partial charge in [0.15, 0.2) is 12.2 Å². The Morgan fingerprint density at radius 1 is 1.13 bits per heavy atom. The molecule has 3 rings (SSSR count). The highest BCUT2D eigenvalue weighted by Crippen LogP contribution is 2.33. The van der Waals surface area contributed by atoms with Gasteiger partial charge in [-0.2, -0.15) is 0 Å². The molecule has 1 heterocycles. The molecular formula is C23H22N2O6. The Hall–Kier alpha value is -4.07. The highest BCUT2D eigenvalue weighted by atomic mass is 16.5. The topological polar surface area (TPSA) is 99.9 Å². The van der Waals surface area contributed by atoms with E-state index >= 15 is 0 Å². The van der Waals surface area contributed by atoms with Gasteiger partial charge in [-0.15, -0.1) is 0 Å². The first-order valence-electron chi connectivity index (χ1n) is 9.46. The highest BCUT2D eigenvalue weighted by Gasteiger charge is 2.14. The standard InChI is InChI=1S/C23H22N2O6/c1-4-30-22(26)12-19(15-6-5-7-16(10-15)23(27)29-3)25-17-8-9-18(20(11-17)28-2)21-13-24-14-31-21/h5-14,25H,4H2,1-3H3. The van der Waals surface area contributed by atoms with E-state index in [9.17, 15) is 9.59 Å². The molecule has 0 amide bonds. The summed E-state index contributed by atoms with van der Waals surface area (Å²) < 4.78 is 20.7. The Morgan fingerprint density at radius 3 is 2.61 bits per heavy atom. The van der Waals surface area contributed by atoms with Crippen LogP contribution >= 0.6 is 0 Å². The molecule has 1 aromatic heterocycles. The second-order valence-electron chi connectivity index (χ2n) is 6.29. The molecule has 0 spiro atoms. The molecule has 31 heavy (non-hydrogen) atoms. The van der Waals surface area contributed by atoms with Crippen molar-refractivity contribution in [3.63, 3.8) is 0 Å². The van der Waals surface area contributed by atoms with Crippen LogP contribution in [0.1, 0.15) is 22.8 Å². The molecule has 0 bridgehead atoms. The number of aromatic nitrogens is 1. The molecule has 2 aromatic carbocycles. The van der Waals surface area contributed by atoms with E-state index in [1.807, 2.05) is 12.1 Å². The van der Waals surface area contributed by atoms with E-state index in [1.165, 1.54) is 19.6 Å². The summed E-state index contributed by atoms with van der Waals surface area (Å²) in [5.41, 5.74) is 2.79. The molecular weight excluding hydrogens is 400 g/mol. The van der Waals surface area contributed by atoms with Crippen molar-refractivity contribution >= 4 is 23.3 Å². The maximum Gasteiger partial charge on any atom is 0.337 e. The summed E-state index contributed by atoms with van der Waals surface area (Å²) in [7, 11) is 2.86. The predicted molar refractivity (Wildman–Crippen MR) is 115 cm³/mol. The van der Waals surface area contributed by atoms with Crippen molar-refractivity contribution in [2.45, 2.75) is 6.92 Å². The summed E-state index contributed by atoms with van der Waals surface area (Å²) in [5, 5.41) is 3.20. The van der Waals surface area contributed by atoms with Crippen molar-refractivity contribution in [1.29, 1.82) is 0 Å². The smallest absolute Gasteiger partial charge is 0.337 e. The van der Waals surface area contributed by atoms with Crippen molar-refractivity contribution in [2.75, 3.05) is 26.1 Å². The summed E-state index contributed by atoms with van der Waals surface area (Å²) in [6.45, 7) is 1.97. The third kappa shape index (κ3) is 5.30. The van der Waals surface area contributed by atoms with Gasteiger partial charge in [0.05, 0.1) is 43.8 Å². The largest absolute Gasteiger partial charge is 0.496 e. The molecule has 0 unspecified atom stereocenters. The van der Waals surface area contributed by atoms with Gasteiger partial charge in [0.2, 0.25) is 0 Å². The van der Waals surface area contributed by atoms with E-state index in [-0.39, 0.29) is 6.61 Å². The fraction of sp³-hybridized carbons (Fsp3) is 0.174. The minimum Gasteiger partial charge on any atom is -0.496 e. The molecule has 3 aromatic rings.